The van der Waals surface area contributed by atoms with E-state index in [9.17, 15) is 4.79 Å². The van der Waals surface area contributed by atoms with Gasteiger partial charge in [0.15, 0.2) is 11.2 Å². The average molecular weight is 215 g/mol. The number of nitrogens with zero attached hydrogens (tertiary/aromatic N) is 1. The number of nitrogens with one attached hydrogen (secondary N) is 1. The number of fused-ring (bicyclic) bond motifs is 1. The summed E-state index contributed by atoms with van der Waals surface area (Å²) in [7, 11) is 0. The van der Waals surface area contributed by atoms with Gasteiger partial charge in [-0.2, -0.15) is 0 Å². The molecule has 0 amide bonds. The van der Waals surface area contributed by atoms with E-state index in [0.717, 1.165) is 4.47 Å². The number of oxazole rings is 1. The first kappa shape index (κ1) is 6.60. The van der Waals surface area contributed by atoms with Crippen LogP contribution in [0.5, 0.6) is 0 Å². The van der Waals surface area contributed by atoms with Crippen molar-refractivity contribution in [2.75, 3.05) is 0 Å². The normalized spacial score (nSPS) is 10.6. The summed E-state index contributed by atoms with van der Waals surface area (Å²) < 4.78 is 5.50. The van der Waals surface area contributed by atoms with Crippen LogP contribution in [0.2, 0.25) is 0 Å². The lowest BCUT2D eigenvalue weighted by atomic mass is 10.5. The monoisotopic (exact) mass is 214 g/mol. The fraction of sp³-hybridized carbons (Fsp3) is 0. The molecule has 0 aliphatic heterocycles. The Morgan fingerprint density at radius 1 is 1.64 bits per heavy atom. The molecular formula is C6H3BrN2O2. The molecule has 2 heterocycles. The van der Waals surface area contributed by atoms with E-state index < -0.39 is 5.76 Å². The highest BCUT2D eigenvalue weighted by molar-refractivity contribution is 9.10. The fourth-order valence-electron chi connectivity index (χ4n) is 0.826. The van der Waals surface area contributed by atoms with Crippen LogP contribution >= 0.6 is 15.9 Å². The molecule has 2 aromatic heterocycles. The molecule has 1 N–H and O–H groups in total. The first-order chi connectivity index (χ1) is 5.27. The van der Waals surface area contributed by atoms with E-state index in [0.29, 0.717) is 11.2 Å². The molecule has 0 fully saturated rings. The number of halogens is 1. The molecule has 4 nitrogen and oxygen atoms in total. The molecule has 0 aromatic carbocycles. The first-order valence-electron chi connectivity index (χ1n) is 2.91. The molecule has 0 aliphatic carbocycles. The Morgan fingerprint density at radius 2 is 2.45 bits per heavy atom. The van der Waals surface area contributed by atoms with Crippen LogP contribution in [0.25, 0.3) is 11.2 Å². The third-order valence-corrected chi connectivity index (χ3v) is 1.90. The summed E-state index contributed by atoms with van der Waals surface area (Å²) in [5.41, 5.74) is 0.918. The number of H-pyrrole nitrogens is 1. The number of aromatic nitrogens is 2. The Labute approximate surface area is 69.4 Å². The Kier molecular flexibility index (Phi) is 1.32. The lowest BCUT2D eigenvalue weighted by molar-refractivity contribution is 0.554. The van der Waals surface area contributed by atoms with Gasteiger partial charge in [0.2, 0.25) is 0 Å². The number of pyridine rings is 1. The minimum Gasteiger partial charge on any atom is -0.405 e. The van der Waals surface area contributed by atoms with Crippen molar-refractivity contribution >= 4 is 27.2 Å². The van der Waals surface area contributed by atoms with Gasteiger partial charge in [0.25, 0.3) is 0 Å². The molecule has 56 valence electrons. The molecule has 11 heavy (non-hydrogen) atoms. The van der Waals surface area contributed by atoms with Gasteiger partial charge in [-0.3, -0.25) is 4.98 Å². The van der Waals surface area contributed by atoms with Crippen LogP contribution in [0.15, 0.2) is 25.9 Å². The van der Waals surface area contributed by atoms with Gasteiger partial charge >= 0.3 is 5.76 Å². The van der Waals surface area contributed by atoms with Gasteiger partial charge in [-0.05, 0) is 22.0 Å². The predicted octanol–water partition coefficient (Wildman–Crippen LogP) is 1.28. The van der Waals surface area contributed by atoms with Crippen LogP contribution in [0.3, 0.4) is 0 Å². The molecule has 0 radical (unpaired) electrons. The average Bonchev–Trinajstić information content (AvgIpc) is 2.31. The highest BCUT2D eigenvalue weighted by Crippen LogP contribution is 2.18. The first-order valence-corrected chi connectivity index (χ1v) is 3.70. The maximum absolute atomic E-state index is 10.7. The largest absolute Gasteiger partial charge is 0.418 e. The van der Waals surface area contributed by atoms with Crippen molar-refractivity contribution in [3.8, 4) is 0 Å². The summed E-state index contributed by atoms with van der Waals surface area (Å²) in [5, 5.41) is 0. The summed E-state index contributed by atoms with van der Waals surface area (Å²) in [4.78, 5) is 17.0. The number of aromatic amines is 1. The van der Waals surface area contributed by atoms with Crippen LogP contribution in [0, 0.1) is 0 Å². The summed E-state index contributed by atoms with van der Waals surface area (Å²) in [6, 6.07) is 1.71. The summed E-state index contributed by atoms with van der Waals surface area (Å²) in [6.07, 6.45) is 1.58. The minimum absolute atomic E-state index is 0.456. The Bertz CT molecular complexity index is 445. The van der Waals surface area contributed by atoms with Crippen molar-refractivity contribution < 1.29 is 4.42 Å². The minimum atomic E-state index is -0.487. The van der Waals surface area contributed by atoms with E-state index in [1.807, 2.05) is 0 Å². The molecule has 5 heteroatoms. The van der Waals surface area contributed by atoms with Gasteiger partial charge < -0.3 is 4.42 Å². The summed E-state index contributed by atoms with van der Waals surface area (Å²) >= 11 is 3.22. The van der Waals surface area contributed by atoms with Crippen molar-refractivity contribution in [2.24, 2.45) is 0 Å². The standard InChI is InChI=1S/C6H3BrN2O2/c7-3-1-2-8-5-4(3)11-6(10)9-5/h1-2H,(H,8,9,10). The molecular weight excluding hydrogens is 212 g/mol. The second-order valence-corrected chi connectivity index (χ2v) is 2.84. The van der Waals surface area contributed by atoms with Gasteiger partial charge in [-0.1, -0.05) is 0 Å². The zero-order chi connectivity index (χ0) is 7.84. The van der Waals surface area contributed by atoms with E-state index in [-0.39, 0.29) is 0 Å². The maximum atomic E-state index is 10.7. The van der Waals surface area contributed by atoms with Crippen LogP contribution in [-0.2, 0) is 0 Å². The fourth-order valence-corrected chi connectivity index (χ4v) is 1.21. The lowest BCUT2D eigenvalue weighted by Gasteiger charge is -1.86. The number of hydrogen-bond donors (Lipinski definition) is 1. The van der Waals surface area contributed by atoms with Crippen LogP contribution < -0.4 is 5.76 Å². The van der Waals surface area contributed by atoms with Crippen molar-refractivity contribution in [1.82, 2.24) is 9.97 Å². The maximum Gasteiger partial charge on any atom is 0.418 e. The smallest absolute Gasteiger partial charge is 0.405 e. The Hall–Kier alpha value is -1.10. The van der Waals surface area contributed by atoms with Crippen molar-refractivity contribution in [2.45, 2.75) is 0 Å². The van der Waals surface area contributed by atoms with Gasteiger partial charge in [0, 0.05) is 6.20 Å². The van der Waals surface area contributed by atoms with Gasteiger partial charge in [-0.25, -0.2) is 9.78 Å². The third kappa shape index (κ3) is 0.970. The SMILES string of the molecule is O=c1[nH]c2nccc(Br)c2o1. The molecule has 0 bridgehead atoms. The van der Waals surface area contributed by atoms with Gasteiger partial charge in [0.05, 0.1) is 4.47 Å². The van der Waals surface area contributed by atoms with Gasteiger partial charge in [-0.15, -0.1) is 0 Å². The molecule has 0 spiro atoms. The number of rotatable bonds is 0. The van der Waals surface area contributed by atoms with E-state index in [1.165, 1.54) is 0 Å². The second-order valence-electron chi connectivity index (χ2n) is 1.99. The van der Waals surface area contributed by atoms with Crippen molar-refractivity contribution in [3.63, 3.8) is 0 Å². The van der Waals surface area contributed by atoms with Gasteiger partial charge in [0.1, 0.15) is 0 Å². The Morgan fingerprint density at radius 3 is 3.18 bits per heavy atom. The highest BCUT2D eigenvalue weighted by atomic mass is 79.9. The van der Waals surface area contributed by atoms with E-state index in [4.69, 9.17) is 4.42 Å². The van der Waals surface area contributed by atoms with Crippen molar-refractivity contribution in [3.05, 3.63) is 27.3 Å². The lowest BCUT2D eigenvalue weighted by Crippen LogP contribution is -1.93. The van der Waals surface area contributed by atoms with E-state index >= 15 is 0 Å². The van der Waals surface area contributed by atoms with E-state index in [2.05, 4.69) is 25.9 Å². The molecule has 0 saturated heterocycles. The molecule has 0 atom stereocenters. The zero-order valence-electron chi connectivity index (χ0n) is 5.30. The highest BCUT2D eigenvalue weighted by Gasteiger charge is 2.03. The van der Waals surface area contributed by atoms with Crippen LogP contribution in [0.4, 0.5) is 0 Å². The van der Waals surface area contributed by atoms with Crippen LogP contribution in [-0.4, -0.2) is 9.97 Å². The van der Waals surface area contributed by atoms with E-state index in [1.54, 1.807) is 12.3 Å². The number of hydrogen-bond acceptors (Lipinski definition) is 3. The van der Waals surface area contributed by atoms with Crippen molar-refractivity contribution in [1.29, 1.82) is 0 Å². The predicted molar refractivity (Wildman–Crippen MR) is 42.3 cm³/mol. The topological polar surface area (TPSA) is 58.9 Å². The van der Waals surface area contributed by atoms with Crippen LogP contribution in [0.1, 0.15) is 0 Å². The summed E-state index contributed by atoms with van der Waals surface area (Å²) in [5.74, 6) is -0.487. The quantitative estimate of drug-likeness (QED) is 0.719. The Balaban J connectivity index is 3.01. The molecule has 2 rings (SSSR count). The summed E-state index contributed by atoms with van der Waals surface area (Å²) in [6.45, 7) is 0. The zero-order valence-corrected chi connectivity index (χ0v) is 6.88. The molecule has 0 saturated carbocycles. The third-order valence-electron chi connectivity index (χ3n) is 1.27. The molecule has 0 unspecified atom stereocenters. The second kappa shape index (κ2) is 2.20. The molecule has 0 aliphatic rings. The molecule has 2 aromatic rings.